The zero-order chi connectivity index (χ0) is 19.2. The second-order valence-corrected chi connectivity index (χ2v) is 6.64. The Balaban J connectivity index is 1.61. The monoisotopic (exact) mass is 365 g/mol. The van der Waals surface area contributed by atoms with Crippen molar-refractivity contribution in [2.75, 3.05) is 9.91 Å². The molecule has 0 aromatic heterocycles. The minimum absolute atomic E-state index is 0.668. The molecule has 0 aliphatic rings. The van der Waals surface area contributed by atoms with Crippen molar-refractivity contribution in [2.45, 2.75) is 6.54 Å². The van der Waals surface area contributed by atoms with Gasteiger partial charge in [-0.25, -0.2) is 5.84 Å². The summed E-state index contributed by atoms with van der Waals surface area (Å²) in [4.78, 5) is 2.24. The van der Waals surface area contributed by atoms with Crippen molar-refractivity contribution in [1.82, 2.24) is 0 Å². The van der Waals surface area contributed by atoms with Gasteiger partial charge in [0.1, 0.15) is 0 Å². The molecule has 0 unspecified atom stereocenters. The van der Waals surface area contributed by atoms with Crippen LogP contribution in [0, 0.1) is 0 Å². The van der Waals surface area contributed by atoms with Gasteiger partial charge in [-0.1, -0.05) is 66.7 Å². The van der Waals surface area contributed by atoms with E-state index in [-0.39, 0.29) is 0 Å². The third kappa shape index (κ3) is 4.05. The number of hydrazine groups is 1. The Morgan fingerprint density at radius 1 is 0.464 bits per heavy atom. The molecule has 2 N–H and O–H groups in total. The van der Waals surface area contributed by atoms with Crippen LogP contribution in [0.25, 0.3) is 0 Å². The number of benzene rings is 4. The van der Waals surface area contributed by atoms with E-state index in [1.165, 1.54) is 5.56 Å². The van der Waals surface area contributed by atoms with E-state index in [9.17, 15) is 0 Å². The van der Waals surface area contributed by atoms with Crippen molar-refractivity contribution in [1.29, 1.82) is 0 Å². The lowest BCUT2D eigenvalue weighted by molar-refractivity contribution is 0.853. The molecule has 0 bridgehead atoms. The first-order chi connectivity index (χ1) is 13.8. The standard InChI is InChI=1S/C25H23N3/c26-27(20-21-10-4-1-5-11-21)22-16-18-25(19-17-22)28(23-12-6-2-7-13-23)24-14-8-3-9-15-24/h1-19H,20,26H2. The fourth-order valence-corrected chi connectivity index (χ4v) is 3.27. The Labute approximate surface area is 166 Å². The third-order valence-corrected chi connectivity index (χ3v) is 4.66. The smallest absolute Gasteiger partial charge is 0.0592 e. The summed E-state index contributed by atoms with van der Waals surface area (Å²) in [6.07, 6.45) is 0. The molecule has 4 aromatic rings. The molecule has 0 radical (unpaired) electrons. The molecule has 0 saturated carbocycles. The Morgan fingerprint density at radius 2 is 0.857 bits per heavy atom. The van der Waals surface area contributed by atoms with Gasteiger partial charge in [-0.3, -0.25) is 0 Å². The Bertz CT molecular complexity index is 945. The van der Waals surface area contributed by atoms with Gasteiger partial charge in [-0.2, -0.15) is 0 Å². The van der Waals surface area contributed by atoms with Gasteiger partial charge in [0.15, 0.2) is 0 Å². The van der Waals surface area contributed by atoms with Gasteiger partial charge >= 0.3 is 0 Å². The van der Waals surface area contributed by atoms with Crippen molar-refractivity contribution >= 4 is 22.7 Å². The summed E-state index contributed by atoms with van der Waals surface area (Å²) < 4.78 is 0. The highest BCUT2D eigenvalue weighted by molar-refractivity contribution is 5.77. The van der Waals surface area contributed by atoms with Crippen molar-refractivity contribution in [3.05, 3.63) is 121 Å². The lowest BCUT2D eigenvalue weighted by atomic mass is 10.1. The molecule has 3 nitrogen and oxygen atoms in total. The molecule has 0 aliphatic heterocycles. The molecular formula is C25H23N3. The molecule has 0 spiro atoms. The highest BCUT2D eigenvalue weighted by Crippen LogP contribution is 2.34. The predicted octanol–water partition coefficient (Wildman–Crippen LogP) is 6.04. The zero-order valence-electron chi connectivity index (χ0n) is 15.6. The Hall–Kier alpha value is -3.56. The maximum absolute atomic E-state index is 6.30. The number of nitrogens with two attached hydrogens (primary N) is 1. The number of hydrogen-bond acceptors (Lipinski definition) is 3. The normalized spacial score (nSPS) is 10.5. The van der Waals surface area contributed by atoms with Crippen molar-refractivity contribution in [3.8, 4) is 0 Å². The molecule has 4 aromatic carbocycles. The molecule has 0 amide bonds. The molecule has 0 heterocycles. The van der Waals surface area contributed by atoms with E-state index in [0.717, 1.165) is 22.7 Å². The number of rotatable bonds is 6. The quantitative estimate of drug-likeness (QED) is 0.334. The molecule has 0 aliphatic carbocycles. The van der Waals surface area contributed by atoms with Crippen LogP contribution in [0.4, 0.5) is 22.7 Å². The molecule has 3 heteroatoms. The summed E-state index contributed by atoms with van der Waals surface area (Å²) in [5.41, 5.74) is 5.50. The molecule has 138 valence electrons. The van der Waals surface area contributed by atoms with Crippen LogP contribution in [0.5, 0.6) is 0 Å². The van der Waals surface area contributed by atoms with Crippen LogP contribution < -0.4 is 15.8 Å². The summed E-state index contributed by atoms with van der Waals surface area (Å²) in [5, 5.41) is 1.77. The van der Waals surface area contributed by atoms with Gasteiger partial charge in [0.05, 0.1) is 12.2 Å². The maximum Gasteiger partial charge on any atom is 0.0592 e. The van der Waals surface area contributed by atoms with Crippen molar-refractivity contribution in [2.24, 2.45) is 5.84 Å². The van der Waals surface area contributed by atoms with Gasteiger partial charge in [-0.15, -0.1) is 0 Å². The molecule has 0 fully saturated rings. The first-order valence-electron chi connectivity index (χ1n) is 9.38. The van der Waals surface area contributed by atoms with Crippen LogP contribution in [0.1, 0.15) is 5.56 Å². The molecule has 0 atom stereocenters. The van der Waals surface area contributed by atoms with E-state index in [1.807, 2.05) is 30.3 Å². The Kier molecular flexibility index (Phi) is 5.36. The number of anilines is 4. The third-order valence-electron chi connectivity index (χ3n) is 4.66. The zero-order valence-corrected chi connectivity index (χ0v) is 15.6. The number of hydrogen-bond donors (Lipinski definition) is 1. The van der Waals surface area contributed by atoms with Crippen molar-refractivity contribution < 1.29 is 0 Å². The van der Waals surface area contributed by atoms with E-state index >= 15 is 0 Å². The van der Waals surface area contributed by atoms with Crippen molar-refractivity contribution in [3.63, 3.8) is 0 Å². The Morgan fingerprint density at radius 3 is 1.36 bits per heavy atom. The van der Waals surface area contributed by atoms with E-state index in [2.05, 4.69) is 89.8 Å². The summed E-state index contributed by atoms with van der Waals surface area (Å²) in [6.45, 7) is 0.668. The lowest BCUT2D eigenvalue weighted by Crippen LogP contribution is -2.29. The van der Waals surface area contributed by atoms with Crippen LogP contribution in [0.2, 0.25) is 0 Å². The van der Waals surface area contributed by atoms with E-state index < -0.39 is 0 Å². The highest BCUT2D eigenvalue weighted by Gasteiger charge is 2.12. The summed E-state index contributed by atoms with van der Waals surface area (Å²) >= 11 is 0. The molecule has 0 saturated heterocycles. The maximum atomic E-state index is 6.30. The highest BCUT2D eigenvalue weighted by atomic mass is 15.4. The van der Waals surface area contributed by atoms with Gasteiger partial charge in [0.2, 0.25) is 0 Å². The average molecular weight is 365 g/mol. The molecule has 4 rings (SSSR count). The van der Waals surface area contributed by atoms with E-state index in [4.69, 9.17) is 5.84 Å². The first-order valence-corrected chi connectivity index (χ1v) is 9.38. The number of nitrogens with zero attached hydrogens (tertiary/aromatic N) is 2. The second-order valence-electron chi connectivity index (χ2n) is 6.64. The van der Waals surface area contributed by atoms with E-state index in [0.29, 0.717) is 6.54 Å². The molecular weight excluding hydrogens is 342 g/mol. The van der Waals surface area contributed by atoms with Gasteiger partial charge in [0, 0.05) is 17.1 Å². The minimum atomic E-state index is 0.668. The minimum Gasteiger partial charge on any atom is -0.311 e. The lowest BCUT2D eigenvalue weighted by Gasteiger charge is -2.26. The number of para-hydroxylation sites is 2. The largest absolute Gasteiger partial charge is 0.311 e. The topological polar surface area (TPSA) is 32.5 Å². The first kappa shape index (κ1) is 17.8. The second kappa shape index (κ2) is 8.42. The SMILES string of the molecule is NN(Cc1ccccc1)c1ccc(N(c2ccccc2)c2ccccc2)cc1. The van der Waals surface area contributed by atoms with E-state index in [1.54, 1.807) is 5.01 Å². The van der Waals surface area contributed by atoms with Crippen LogP contribution >= 0.6 is 0 Å². The summed E-state index contributed by atoms with van der Waals surface area (Å²) in [5.74, 6) is 6.30. The van der Waals surface area contributed by atoms with Crippen LogP contribution in [-0.2, 0) is 6.54 Å². The van der Waals surface area contributed by atoms with Gasteiger partial charge in [-0.05, 0) is 54.1 Å². The van der Waals surface area contributed by atoms with Gasteiger partial charge < -0.3 is 9.91 Å². The van der Waals surface area contributed by atoms with Crippen LogP contribution in [0.15, 0.2) is 115 Å². The summed E-state index contributed by atoms with van der Waals surface area (Å²) in [7, 11) is 0. The fraction of sp³-hybridized carbons (Fsp3) is 0.0400. The predicted molar refractivity (Wildman–Crippen MR) is 118 cm³/mol. The van der Waals surface area contributed by atoms with Gasteiger partial charge in [0.25, 0.3) is 0 Å². The summed E-state index contributed by atoms with van der Waals surface area (Å²) in [6, 6.07) is 39.4. The fourth-order valence-electron chi connectivity index (χ4n) is 3.27. The van der Waals surface area contributed by atoms with Crippen LogP contribution in [-0.4, -0.2) is 0 Å². The average Bonchev–Trinajstić information content (AvgIpc) is 2.77. The molecule has 28 heavy (non-hydrogen) atoms. The van der Waals surface area contributed by atoms with Crippen LogP contribution in [0.3, 0.4) is 0 Å².